The molecule has 0 bridgehead atoms. The molecule has 0 fully saturated rings. The number of methoxy groups -OCH3 is 1. The molecule has 0 aliphatic carbocycles. The first-order valence-electron chi connectivity index (χ1n) is 7.68. The molecule has 0 saturated heterocycles. The molecule has 2 aromatic carbocycles. The Kier molecular flexibility index (Phi) is 4.82. The number of anilines is 1. The lowest BCUT2D eigenvalue weighted by atomic mass is 10.0. The summed E-state index contributed by atoms with van der Waals surface area (Å²) in [6, 6.07) is 18.7. The van der Waals surface area contributed by atoms with Crippen LogP contribution < -0.4 is 10.1 Å². The van der Waals surface area contributed by atoms with Gasteiger partial charge in [0.05, 0.1) is 12.7 Å². The summed E-state index contributed by atoms with van der Waals surface area (Å²) in [7, 11) is 1.61. The summed E-state index contributed by atoms with van der Waals surface area (Å²) in [5.41, 5.74) is 2.81. The number of aryl methyl sites for hydroxylation is 1. The summed E-state index contributed by atoms with van der Waals surface area (Å²) in [4.78, 5) is 13.4. The Morgan fingerprint density at radius 2 is 1.80 bits per heavy atom. The molecule has 0 aliphatic heterocycles. The van der Waals surface area contributed by atoms with E-state index >= 15 is 0 Å². The van der Waals surface area contributed by atoms with E-state index in [-0.39, 0.29) is 5.91 Å². The van der Waals surface area contributed by atoms with E-state index in [0.717, 1.165) is 21.8 Å². The summed E-state index contributed by atoms with van der Waals surface area (Å²) in [6.07, 6.45) is 0. The zero-order valence-corrected chi connectivity index (χ0v) is 14.7. The molecule has 1 aromatic heterocycles. The molecular weight excluding hydrogens is 332 g/mol. The summed E-state index contributed by atoms with van der Waals surface area (Å²) in [6.45, 7) is 1.95. The van der Waals surface area contributed by atoms with Crippen LogP contribution in [0.2, 0.25) is 0 Å². The number of nitriles is 1. The number of ether oxygens (including phenoxy) is 1. The topological polar surface area (TPSA) is 62.1 Å². The van der Waals surface area contributed by atoms with Crippen molar-refractivity contribution >= 4 is 22.2 Å². The molecule has 3 rings (SSSR count). The van der Waals surface area contributed by atoms with E-state index < -0.39 is 0 Å². The highest BCUT2D eigenvalue weighted by atomic mass is 32.1. The van der Waals surface area contributed by atoms with Crippen LogP contribution in [0.4, 0.5) is 5.00 Å². The molecule has 3 aromatic rings. The van der Waals surface area contributed by atoms with E-state index in [1.165, 1.54) is 11.3 Å². The van der Waals surface area contributed by atoms with Gasteiger partial charge in [-0.25, -0.2) is 0 Å². The van der Waals surface area contributed by atoms with Crippen molar-refractivity contribution in [3.8, 4) is 22.9 Å². The van der Waals surface area contributed by atoms with Crippen LogP contribution in [-0.2, 0) is 0 Å². The van der Waals surface area contributed by atoms with Crippen LogP contribution in [0.1, 0.15) is 20.8 Å². The number of carbonyl (C=O) groups is 1. The van der Waals surface area contributed by atoms with Crippen molar-refractivity contribution in [3.63, 3.8) is 0 Å². The molecule has 1 N–H and O–H groups in total. The van der Waals surface area contributed by atoms with Crippen LogP contribution in [0, 0.1) is 18.3 Å². The number of hydrogen-bond donors (Lipinski definition) is 1. The van der Waals surface area contributed by atoms with E-state index in [1.807, 2.05) is 49.4 Å². The number of nitrogens with one attached hydrogen (secondary N) is 1. The average Bonchev–Trinajstić information content (AvgIpc) is 2.97. The molecule has 25 heavy (non-hydrogen) atoms. The predicted octanol–water partition coefficient (Wildman–Crippen LogP) is 4.86. The summed E-state index contributed by atoms with van der Waals surface area (Å²) < 4.78 is 5.18. The normalized spacial score (nSPS) is 10.1. The van der Waals surface area contributed by atoms with Crippen LogP contribution in [0.3, 0.4) is 0 Å². The number of thiophene rings is 1. The Morgan fingerprint density at radius 3 is 2.40 bits per heavy atom. The van der Waals surface area contributed by atoms with Gasteiger partial charge in [0.1, 0.15) is 16.8 Å². The fourth-order valence-corrected chi connectivity index (χ4v) is 3.63. The van der Waals surface area contributed by atoms with Gasteiger partial charge in [0.2, 0.25) is 0 Å². The highest BCUT2D eigenvalue weighted by Gasteiger charge is 2.19. The molecule has 1 amide bonds. The number of hydrogen-bond acceptors (Lipinski definition) is 4. The highest BCUT2D eigenvalue weighted by molar-refractivity contribution is 7.17. The number of benzene rings is 2. The van der Waals surface area contributed by atoms with Crippen LogP contribution in [-0.4, -0.2) is 13.0 Å². The summed E-state index contributed by atoms with van der Waals surface area (Å²) in [5.74, 6) is 0.535. The monoisotopic (exact) mass is 348 g/mol. The van der Waals surface area contributed by atoms with Gasteiger partial charge in [-0.3, -0.25) is 4.79 Å². The van der Waals surface area contributed by atoms with Crippen molar-refractivity contribution in [2.75, 3.05) is 12.4 Å². The quantitative estimate of drug-likeness (QED) is 0.732. The third kappa shape index (κ3) is 3.39. The maximum atomic E-state index is 12.4. The second-order valence-electron chi connectivity index (χ2n) is 5.40. The average molecular weight is 348 g/mol. The lowest BCUT2D eigenvalue weighted by molar-refractivity contribution is 0.102. The second kappa shape index (κ2) is 7.20. The number of carbonyl (C=O) groups excluding carboxylic acids is 1. The molecule has 124 valence electrons. The highest BCUT2D eigenvalue weighted by Crippen LogP contribution is 2.40. The number of amides is 1. The first kappa shape index (κ1) is 16.7. The predicted molar refractivity (Wildman–Crippen MR) is 100 cm³/mol. The minimum Gasteiger partial charge on any atom is -0.497 e. The van der Waals surface area contributed by atoms with E-state index in [1.54, 1.807) is 19.2 Å². The lowest BCUT2D eigenvalue weighted by Crippen LogP contribution is -2.11. The van der Waals surface area contributed by atoms with Crippen molar-refractivity contribution in [1.82, 2.24) is 0 Å². The Morgan fingerprint density at radius 1 is 1.12 bits per heavy atom. The first-order chi connectivity index (χ1) is 12.1. The van der Waals surface area contributed by atoms with Crippen molar-refractivity contribution in [3.05, 3.63) is 70.6 Å². The molecule has 0 saturated carbocycles. The zero-order valence-electron chi connectivity index (χ0n) is 13.9. The fraction of sp³-hybridized carbons (Fsp3) is 0.100. The van der Waals surface area contributed by atoms with Gasteiger partial charge in [-0.1, -0.05) is 30.3 Å². The molecule has 0 unspecified atom stereocenters. The van der Waals surface area contributed by atoms with Gasteiger partial charge in [0, 0.05) is 16.0 Å². The lowest BCUT2D eigenvalue weighted by Gasteiger charge is -2.05. The van der Waals surface area contributed by atoms with Crippen LogP contribution in [0.5, 0.6) is 5.75 Å². The molecular formula is C20H16N2O2S. The Bertz CT molecular complexity index is 938. The minimum absolute atomic E-state index is 0.223. The maximum absolute atomic E-state index is 12.4. The number of nitrogens with zero attached hydrogens (tertiary/aromatic N) is 1. The van der Waals surface area contributed by atoms with Gasteiger partial charge in [-0.2, -0.15) is 5.26 Å². The molecule has 0 radical (unpaired) electrons. The maximum Gasteiger partial charge on any atom is 0.256 e. The van der Waals surface area contributed by atoms with E-state index in [9.17, 15) is 10.1 Å². The molecule has 0 aliphatic rings. The molecule has 0 spiro atoms. The largest absolute Gasteiger partial charge is 0.497 e. The van der Waals surface area contributed by atoms with Gasteiger partial charge < -0.3 is 10.1 Å². The van der Waals surface area contributed by atoms with Crippen molar-refractivity contribution in [2.24, 2.45) is 0 Å². The minimum atomic E-state index is -0.223. The molecule has 0 atom stereocenters. The van der Waals surface area contributed by atoms with Crippen molar-refractivity contribution in [2.45, 2.75) is 6.92 Å². The van der Waals surface area contributed by atoms with Crippen molar-refractivity contribution in [1.29, 1.82) is 5.26 Å². The third-order valence-corrected chi connectivity index (χ3v) is 4.86. The van der Waals surface area contributed by atoms with Crippen LogP contribution in [0.15, 0.2) is 54.6 Å². The molecule has 1 heterocycles. The van der Waals surface area contributed by atoms with Crippen LogP contribution in [0.25, 0.3) is 11.1 Å². The SMILES string of the molecule is COc1ccc(-c2c(C)sc(NC(=O)c3ccccc3)c2C#N)cc1. The standard InChI is InChI=1S/C20H16N2O2S/c1-13-18(14-8-10-16(24-2)11-9-14)17(12-21)20(25-13)22-19(23)15-6-4-3-5-7-15/h3-11H,1-2H3,(H,22,23). The van der Waals surface area contributed by atoms with Gasteiger partial charge in [-0.15, -0.1) is 11.3 Å². The van der Waals surface area contributed by atoms with Gasteiger partial charge >= 0.3 is 0 Å². The van der Waals surface area contributed by atoms with Crippen LogP contribution >= 0.6 is 11.3 Å². The number of rotatable bonds is 4. The van der Waals surface area contributed by atoms with Gasteiger partial charge in [-0.05, 0) is 36.8 Å². The molecule has 4 nitrogen and oxygen atoms in total. The first-order valence-corrected chi connectivity index (χ1v) is 8.50. The second-order valence-corrected chi connectivity index (χ2v) is 6.62. The Hall–Kier alpha value is -3.10. The van der Waals surface area contributed by atoms with E-state index in [0.29, 0.717) is 16.1 Å². The van der Waals surface area contributed by atoms with E-state index in [2.05, 4.69) is 11.4 Å². The van der Waals surface area contributed by atoms with Crippen molar-refractivity contribution < 1.29 is 9.53 Å². The molecule has 5 heteroatoms. The summed E-state index contributed by atoms with van der Waals surface area (Å²) >= 11 is 1.41. The summed E-state index contributed by atoms with van der Waals surface area (Å²) in [5, 5.41) is 13.1. The fourth-order valence-electron chi connectivity index (χ4n) is 2.61. The van der Waals surface area contributed by atoms with Gasteiger partial charge in [0.25, 0.3) is 5.91 Å². The Labute approximate surface area is 150 Å². The Balaban J connectivity index is 1.97. The third-order valence-electron chi connectivity index (χ3n) is 3.84. The van der Waals surface area contributed by atoms with Gasteiger partial charge in [0.15, 0.2) is 0 Å². The van der Waals surface area contributed by atoms with E-state index in [4.69, 9.17) is 4.74 Å². The smallest absolute Gasteiger partial charge is 0.256 e. The zero-order chi connectivity index (χ0) is 17.8.